The maximum atomic E-state index is 3.17. The molecule has 1 aromatic carbocycles. The molecule has 0 aliphatic heterocycles. The SMILES string of the molecule is CC#Cc1cc(C(C)(C)C)cc(C#CC)c1C. The first-order chi connectivity index (χ1) is 7.90. The quantitative estimate of drug-likeness (QED) is 0.583. The second-order valence-corrected chi connectivity index (χ2v) is 5.20. The Labute approximate surface area is 105 Å². The standard InChI is InChI=1S/C17H20/c1-7-9-14-11-16(17(4,5)6)12-15(10-8-2)13(14)3/h11-12H,1-6H3. The van der Waals surface area contributed by atoms with E-state index in [4.69, 9.17) is 0 Å². The molecule has 0 atom stereocenters. The van der Waals surface area contributed by atoms with Crippen molar-refractivity contribution in [2.45, 2.75) is 47.0 Å². The van der Waals surface area contributed by atoms with Crippen LogP contribution in [0, 0.1) is 30.6 Å². The fraction of sp³-hybridized carbons (Fsp3) is 0.412. The molecule has 1 aromatic rings. The van der Waals surface area contributed by atoms with Crippen molar-refractivity contribution in [1.82, 2.24) is 0 Å². The minimum atomic E-state index is 0.127. The summed E-state index contributed by atoms with van der Waals surface area (Å²) in [6.07, 6.45) is 0. The van der Waals surface area contributed by atoms with Crippen molar-refractivity contribution in [3.63, 3.8) is 0 Å². The van der Waals surface area contributed by atoms with Crippen molar-refractivity contribution in [2.24, 2.45) is 0 Å². The summed E-state index contributed by atoms with van der Waals surface area (Å²) in [5.41, 5.74) is 4.79. The third-order valence-corrected chi connectivity index (χ3v) is 2.79. The molecular weight excluding hydrogens is 204 g/mol. The lowest BCUT2D eigenvalue weighted by molar-refractivity contribution is 0.589. The average Bonchev–Trinajstić information content (AvgIpc) is 2.22. The predicted octanol–water partition coefficient (Wildman–Crippen LogP) is 4.04. The molecule has 0 heteroatoms. The molecule has 0 nitrogen and oxygen atoms in total. The Bertz CT molecular complexity index is 490. The first kappa shape index (κ1) is 13.4. The lowest BCUT2D eigenvalue weighted by Crippen LogP contribution is -2.12. The van der Waals surface area contributed by atoms with Gasteiger partial charge in [0.05, 0.1) is 0 Å². The van der Waals surface area contributed by atoms with Crippen LogP contribution >= 0.6 is 0 Å². The highest BCUT2D eigenvalue weighted by Gasteiger charge is 2.16. The van der Waals surface area contributed by atoms with E-state index in [9.17, 15) is 0 Å². The number of hydrogen-bond donors (Lipinski definition) is 0. The Morgan fingerprint density at radius 2 is 1.29 bits per heavy atom. The normalized spacial score (nSPS) is 10.0. The van der Waals surface area contributed by atoms with Gasteiger partial charge in [-0.3, -0.25) is 0 Å². The molecule has 0 aliphatic carbocycles. The van der Waals surface area contributed by atoms with Crippen LogP contribution in [0.15, 0.2) is 12.1 Å². The fourth-order valence-electron chi connectivity index (χ4n) is 1.68. The van der Waals surface area contributed by atoms with E-state index in [1.165, 1.54) is 11.1 Å². The molecule has 0 saturated carbocycles. The highest BCUT2D eigenvalue weighted by molar-refractivity contribution is 5.54. The smallest absolute Gasteiger partial charge is 0.0289 e. The highest BCUT2D eigenvalue weighted by atomic mass is 14.2. The van der Waals surface area contributed by atoms with Crippen molar-refractivity contribution < 1.29 is 0 Å². The van der Waals surface area contributed by atoms with Gasteiger partial charge in [-0.2, -0.15) is 0 Å². The Hall–Kier alpha value is -1.66. The van der Waals surface area contributed by atoms with Gasteiger partial charge in [0.2, 0.25) is 0 Å². The van der Waals surface area contributed by atoms with Crippen LogP contribution in [0.2, 0.25) is 0 Å². The van der Waals surface area contributed by atoms with E-state index in [1.807, 2.05) is 13.8 Å². The summed E-state index contributed by atoms with van der Waals surface area (Å²) < 4.78 is 0. The molecule has 0 aliphatic rings. The molecule has 0 aromatic heterocycles. The van der Waals surface area contributed by atoms with Gasteiger partial charge < -0.3 is 0 Å². The maximum absolute atomic E-state index is 3.17. The molecule has 0 unspecified atom stereocenters. The summed E-state index contributed by atoms with van der Waals surface area (Å²) in [6, 6.07) is 4.37. The zero-order chi connectivity index (χ0) is 13.1. The number of benzene rings is 1. The largest absolute Gasteiger partial charge is 0.101 e. The average molecular weight is 224 g/mol. The van der Waals surface area contributed by atoms with E-state index in [-0.39, 0.29) is 5.41 Å². The van der Waals surface area contributed by atoms with Crippen LogP contribution in [0.25, 0.3) is 0 Å². The van der Waals surface area contributed by atoms with Gasteiger partial charge in [0.25, 0.3) is 0 Å². The van der Waals surface area contributed by atoms with Crippen LogP contribution in [0.3, 0.4) is 0 Å². The van der Waals surface area contributed by atoms with Crippen molar-refractivity contribution in [3.8, 4) is 23.7 Å². The van der Waals surface area contributed by atoms with Crippen LogP contribution < -0.4 is 0 Å². The van der Waals surface area contributed by atoms with Gasteiger partial charge in [0, 0.05) is 11.1 Å². The molecule has 0 saturated heterocycles. The molecule has 0 amide bonds. The number of rotatable bonds is 0. The minimum absolute atomic E-state index is 0.127. The second kappa shape index (κ2) is 5.11. The summed E-state index contributed by atoms with van der Waals surface area (Å²) in [6.45, 7) is 12.5. The number of hydrogen-bond acceptors (Lipinski definition) is 0. The Balaban J connectivity index is 3.55. The monoisotopic (exact) mass is 224 g/mol. The Morgan fingerprint density at radius 3 is 1.59 bits per heavy atom. The van der Waals surface area contributed by atoms with Gasteiger partial charge in [0.15, 0.2) is 0 Å². The van der Waals surface area contributed by atoms with Gasteiger partial charge >= 0.3 is 0 Å². The molecule has 0 bridgehead atoms. The van der Waals surface area contributed by atoms with Crippen molar-refractivity contribution in [2.75, 3.05) is 0 Å². The molecule has 0 radical (unpaired) electrons. The van der Waals surface area contributed by atoms with Crippen LogP contribution in [-0.2, 0) is 5.41 Å². The van der Waals surface area contributed by atoms with Gasteiger partial charge in [-0.25, -0.2) is 0 Å². The second-order valence-electron chi connectivity index (χ2n) is 5.20. The summed E-state index contributed by atoms with van der Waals surface area (Å²) in [5.74, 6) is 12.3. The minimum Gasteiger partial charge on any atom is -0.101 e. The first-order valence-corrected chi connectivity index (χ1v) is 5.90. The lowest BCUT2D eigenvalue weighted by Gasteiger charge is -2.20. The van der Waals surface area contributed by atoms with E-state index in [1.54, 1.807) is 0 Å². The fourth-order valence-corrected chi connectivity index (χ4v) is 1.68. The lowest BCUT2D eigenvalue weighted by atomic mass is 9.83. The summed E-state index contributed by atoms with van der Waals surface area (Å²) in [7, 11) is 0. The molecule has 0 fully saturated rings. The van der Waals surface area contributed by atoms with E-state index >= 15 is 0 Å². The van der Waals surface area contributed by atoms with Crippen molar-refractivity contribution >= 4 is 0 Å². The van der Waals surface area contributed by atoms with Crippen molar-refractivity contribution in [3.05, 3.63) is 34.4 Å². The van der Waals surface area contributed by atoms with Crippen LogP contribution in [-0.4, -0.2) is 0 Å². The Kier molecular flexibility index (Phi) is 4.03. The molecule has 1 rings (SSSR count). The first-order valence-electron chi connectivity index (χ1n) is 5.90. The van der Waals surface area contributed by atoms with Crippen LogP contribution in [0.5, 0.6) is 0 Å². The Morgan fingerprint density at radius 1 is 0.882 bits per heavy atom. The summed E-state index contributed by atoms with van der Waals surface area (Å²) in [5, 5.41) is 0. The van der Waals surface area contributed by atoms with E-state index in [0.717, 1.165) is 11.1 Å². The predicted molar refractivity (Wildman–Crippen MR) is 75.0 cm³/mol. The van der Waals surface area contributed by atoms with E-state index in [0.29, 0.717) is 0 Å². The molecule has 0 spiro atoms. The van der Waals surface area contributed by atoms with E-state index < -0.39 is 0 Å². The van der Waals surface area contributed by atoms with Crippen LogP contribution in [0.1, 0.15) is 56.9 Å². The molecule has 0 N–H and O–H groups in total. The van der Waals surface area contributed by atoms with Crippen molar-refractivity contribution in [1.29, 1.82) is 0 Å². The zero-order valence-corrected chi connectivity index (χ0v) is 11.7. The topological polar surface area (TPSA) is 0 Å². The molecular formula is C17H20. The van der Waals surface area contributed by atoms with Gasteiger partial charge in [-0.15, -0.1) is 11.8 Å². The molecule has 88 valence electrons. The van der Waals surface area contributed by atoms with Gasteiger partial charge in [0.1, 0.15) is 0 Å². The van der Waals surface area contributed by atoms with Gasteiger partial charge in [-0.05, 0) is 49.4 Å². The molecule has 17 heavy (non-hydrogen) atoms. The third-order valence-electron chi connectivity index (χ3n) is 2.79. The maximum Gasteiger partial charge on any atom is 0.0289 e. The zero-order valence-electron chi connectivity index (χ0n) is 11.7. The van der Waals surface area contributed by atoms with Crippen LogP contribution in [0.4, 0.5) is 0 Å². The summed E-state index contributed by atoms with van der Waals surface area (Å²) >= 11 is 0. The highest BCUT2D eigenvalue weighted by Crippen LogP contribution is 2.26. The van der Waals surface area contributed by atoms with Gasteiger partial charge in [-0.1, -0.05) is 32.6 Å². The van der Waals surface area contributed by atoms with E-state index in [2.05, 4.69) is 63.5 Å². The molecule has 0 heterocycles. The summed E-state index contributed by atoms with van der Waals surface area (Å²) in [4.78, 5) is 0. The third kappa shape index (κ3) is 3.15.